The van der Waals surface area contributed by atoms with E-state index in [2.05, 4.69) is 16.8 Å². The molecule has 1 fully saturated rings. The van der Waals surface area contributed by atoms with Crippen molar-refractivity contribution in [2.24, 2.45) is 0 Å². The minimum atomic E-state index is -0.505. The van der Waals surface area contributed by atoms with Crippen molar-refractivity contribution in [3.05, 3.63) is 28.1 Å². The number of hydrogen-bond acceptors (Lipinski definition) is 5. The molecule has 1 aromatic rings. The number of ketones is 1. The molecular weight excluding hydrogens is 272 g/mol. The fraction of sp³-hybridized carbons (Fsp3) is 0.643. The minimum absolute atomic E-state index is 0.0750. The number of nitro groups is 1. The van der Waals surface area contributed by atoms with Crippen LogP contribution in [-0.2, 0) is 0 Å². The van der Waals surface area contributed by atoms with Crippen LogP contribution in [0.1, 0.15) is 30.3 Å². The molecule has 1 aliphatic rings. The van der Waals surface area contributed by atoms with Crippen LogP contribution in [0.5, 0.6) is 0 Å². The first-order valence-corrected chi connectivity index (χ1v) is 7.30. The van der Waals surface area contributed by atoms with Gasteiger partial charge in [-0.25, -0.2) is 0 Å². The molecule has 0 amide bonds. The summed E-state index contributed by atoms with van der Waals surface area (Å²) < 4.78 is 0. The third kappa shape index (κ3) is 3.89. The van der Waals surface area contributed by atoms with Gasteiger partial charge in [0.2, 0.25) is 0 Å². The van der Waals surface area contributed by atoms with E-state index in [9.17, 15) is 14.9 Å². The Balaban J connectivity index is 1.88. The third-order valence-corrected chi connectivity index (χ3v) is 4.02. The van der Waals surface area contributed by atoms with Crippen LogP contribution in [0.15, 0.2) is 12.3 Å². The summed E-state index contributed by atoms with van der Waals surface area (Å²) in [5.41, 5.74) is 0.223. The maximum Gasteiger partial charge on any atom is 0.287 e. The van der Waals surface area contributed by atoms with Crippen LogP contribution in [0.2, 0.25) is 0 Å². The summed E-state index contributed by atoms with van der Waals surface area (Å²) in [5.74, 6) is -0.119. The van der Waals surface area contributed by atoms with E-state index in [1.807, 2.05) is 11.9 Å². The van der Waals surface area contributed by atoms with Crippen molar-refractivity contribution < 1.29 is 9.72 Å². The number of Topliss-reactive ketones (excluding diaryl/α,β-unsaturated/α-hetero) is 1. The number of carbonyl (C=O) groups is 1. The maximum atomic E-state index is 12.1. The molecule has 0 aromatic carbocycles. The number of carbonyl (C=O) groups excluding carboxylic acids is 1. The molecule has 1 saturated heterocycles. The number of aromatic amines is 1. The molecule has 2 rings (SSSR count). The SMILES string of the molecule is CCN1CCCC1CN(C)CC(=O)c1cc([N+](=O)[O-])c[nH]1. The Bertz CT molecular complexity index is 514. The van der Waals surface area contributed by atoms with Gasteiger partial charge in [-0.15, -0.1) is 0 Å². The first-order valence-electron chi connectivity index (χ1n) is 7.30. The van der Waals surface area contributed by atoms with Crippen LogP contribution in [-0.4, -0.2) is 64.8 Å². The van der Waals surface area contributed by atoms with E-state index in [1.54, 1.807) is 0 Å². The normalized spacial score (nSPS) is 19.3. The average Bonchev–Trinajstić information content (AvgIpc) is 3.06. The lowest BCUT2D eigenvalue weighted by Crippen LogP contribution is -2.40. The highest BCUT2D eigenvalue weighted by atomic mass is 16.6. The smallest absolute Gasteiger partial charge is 0.287 e. The van der Waals surface area contributed by atoms with Crippen molar-refractivity contribution in [2.45, 2.75) is 25.8 Å². The van der Waals surface area contributed by atoms with Gasteiger partial charge in [0.1, 0.15) is 0 Å². The van der Waals surface area contributed by atoms with E-state index in [-0.39, 0.29) is 18.0 Å². The Morgan fingerprint density at radius 1 is 1.62 bits per heavy atom. The molecule has 116 valence electrons. The largest absolute Gasteiger partial charge is 0.353 e. The molecule has 1 aromatic heterocycles. The number of nitrogens with one attached hydrogen (secondary N) is 1. The number of hydrogen-bond donors (Lipinski definition) is 1. The Morgan fingerprint density at radius 3 is 3.00 bits per heavy atom. The molecule has 0 aliphatic carbocycles. The summed E-state index contributed by atoms with van der Waals surface area (Å²) >= 11 is 0. The van der Waals surface area contributed by atoms with Crippen LogP contribution in [0, 0.1) is 10.1 Å². The Hall–Kier alpha value is -1.73. The van der Waals surface area contributed by atoms with Crippen LogP contribution < -0.4 is 0 Å². The van der Waals surface area contributed by atoms with E-state index >= 15 is 0 Å². The first-order chi connectivity index (χ1) is 10.0. The summed E-state index contributed by atoms with van der Waals surface area (Å²) in [7, 11) is 1.92. The summed E-state index contributed by atoms with van der Waals surface area (Å²) in [6, 6.07) is 1.80. The van der Waals surface area contributed by atoms with Gasteiger partial charge in [0, 0.05) is 18.7 Å². The van der Waals surface area contributed by atoms with Gasteiger partial charge in [-0.1, -0.05) is 6.92 Å². The molecule has 1 unspecified atom stereocenters. The average molecular weight is 294 g/mol. The highest BCUT2D eigenvalue weighted by molar-refractivity contribution is 5.96. The quantitative estimate of drug-likeness (QED) is 0.468. The fourth-order valence-electron chi connectivity index (χ4n) is 2.92. The van der Waals surface area contributed by atoms with Crippen LogP contribution >= 0.6 is 0 Å². The molecule has 0 spiro atoms. The second kappa shape index (κ2) is 6.82. The monoisotopic (exact) mass is 294 g/mol. The zero-order chi connectivity index (χ0) is 15.4. The summed E-state index contributed by atoms with van der Waals surface area (Å²) in [4.78, 5) is 29.3. The van der Waals surface area contributed by atoms with Crippen molar-refractivity contribution >= 4 is 11.5 Å². The van der Waals surface area contributed by atoms with Crippen molar-refractivity contribution in [1.82, 2.24) is 14.8 Å². The highest BCUT2D eigenvalue weighted by Gasteiger charge is 2.25. The fourth-order valence-corrected chi connectivity index (χ4v) is 2.92. The van der Waals surface area contributed by atoms with Gasteiger partial charge in [-0.05, 0) is 33.0 Å². The van der Waals surface area contributed by atoms with Gasteiger partial charge < -0.3 is 4.98 Å². The second-order valence-corrected chi connectivity index (χ2v) is 5.57. The first kappa shape index (κ1) is 15.7. The molecule has 1 aliphatic heterocycles. The molecule has 0 saturated carbocycles. The molecule has 1 atom stereocenters. The van der Waals surface area contributed by atoms with Crippen LogP contribution in [0.25, 0.3) is 0 Å². The Kier molecular flexibility index (Phi) is 5.08. The number of nitrogens with zero attached hydrogens (tertiary/aromatic N) is 3. The van der Waals surface area contributed by atoms with Gasteiger partial charge in [0.25, 0.3) is 5.69 Å². The maximum absolute atomic E-state index is 12.1. The van der Waals surface area contributed by atoms with Crippen LogP contribution in [0.3, 0.4) is 0 Å². The molecule has 0 bridgehead atoms. The number of aromatic nitrogens is 1. The zero-order valence-electron chi connectivity index (χ0n) is 12.5. The van der Waals surface area contributed by atoms with E-state index in [4.69, 9.17) is 0 Å². The van der Waals surface area contributed by atoms with Crippen LogP contribution in [0.4, 0.5) is 5.69 Å². The molecule has 0 radical (unpaired) electrons. The summed E-state index contributed by atoms with van der Waals surface area (Å²) in [5, 5.41) is 10.6. The molecule has 1 N–H and O–H groups in total. The topological polar surface area (TPSA) is 82.5 Å². The predicted molar refractivity (Wildman–Crippen MR) is 79.5 cm³/mol. The third-order valence-electron chi connectivity index (χ3n) is 4.02. The van der Waals surface area contributed by atoms with Gasteiger partial charge in [-0.3, -0.25) is 24.7 Å². The lowest BCUT2D eigenvalue weighted by Gasteiger charge is -2.27. The molecule has 7 heteroatoms. The molecule has 21 heavy (non-hydrogen) atoms. The number of rotatable bonds is 7. The van der Waals surface area contributed by atoms with Crippen molar-refractivity contribution in [3.63, 3.8) is 0 Å². The number of likely N-dealkylation sites (N-methyl/N-ethyl adjacent to an activating group) is 2. The van der Waals surface area contributed by atoms with Gasteiger partial charge >= 0.3 is 0 Å². The zero-order valence-corrected chi connectivity index (χ0v) is 12.5. The van der Waals surface area contributed by atoms with Crippen molar-refractivity contribution in [2.75, 3.05) is 33.2 Å². The van der Waals surface area contributed by atoms with Crippen molar-refractivity contribution in [1.29, 1.82) is 0 Å². The Morgan fingerprint density at radius 2 is 2.38 bits per heavy atom. The van der Waals surface area contributed by atoms with E-state index in [0.29, 0.717) is 11.7 Å². The summed E-state index contributed by atoms with van der Waals surface area (Å²) in [6.07, 6.45) is 3.63. The van der Waals surface area contributed by atoms with E-state index in [1.165, 1.54) is 25.1 Å². The van der Waals surface area contributed by atoms with Gasteiger partial charge in [0.15, 0.2) is 5.78 Å². The lowest BCUT2D eigenvalue weighted by molar-refractivity contribution is -0.384. The summed E-state index contributed by atoms with van der Waals surface area (Å²) in [6.45, 7) is 5.44. The van der Waals surface area contributed by atoms with Crippen molar-refractivity contribution in [3.8, 4) is 0 Å². The molecule has 2 heterocycles. The van der Waals surface area contributed by atoms with Gasteiger partial charge in [0.05, 0.1) is 23.4 Å². The van der Waals surface area contributed by atoms with Gasteiger partial charge in [-0.2, -0.15) is 0 Å². The second-order valence-electron chi connectivity index (χ2n) is 5.57. The highest BCUT2D eigenvalue weighted by Crippen LogP contribution is 2.18. The molecular formula is C14H22N4O3. The van der Waals surface area contributed by atoms with E-state index < -0.39 is 4.92 Å². The predicted octanol–water partition coefficient (Wildman–Crippen LogP) is 1.52. The number of likely N-dealkylation sites (tertiary alicyclic amines) is 1. The lowest BCUT2D eigenvalue weighted by atomic mass is 10.2. The standard InChI is InChI=1S/C14H22N4O3/c1-3-17-6-4-5-11(17)9-16(2)10-14(19)13-7-12(8-15-13)18(20)21/h7-8,11,15H,3-6,9-10H2,1-2H3. The number of H-pyrrole nitrogens is 1. The van der Waals surface area contributed by atoms with E-state index in [0.717, 1.165) is 19.6 Å². The minimum Gasteiger partial charge on any atom is -0.353 e. The molecule has 7 nitrogen and oxygen atoms in total. The Labute approximate surface area is 124 Å².